The van der Waals surface area contributed by atoms with E-state index < -0.39 is 5.60 Å². The third-order valence-corrected chi connectivity index (χ3v) is 10.3. The minimum Gasteiger partial charge on any atom is -0.393 e. The fourth-order valence-electron chi connectivity index (χ4n) is 8.64. The first-order valence-corrected chi connectivity index (χ1v) is 11.6. The van der Waals surface area contributed by atoms with Crippen LogP contribution in [-0.2, 0) is 9.47 Å². The van der Waals surface area contributed by atoms with Gasteiger partial charge in [-0.2, -0.15) is 0 Å². The van der Waals surface area contributed by atoms with Gasteiger partial charge in [-0.05, 0) is 80.5 Å². The van der Waals surface area contributed by atoms with Gasteiger partial charge in [0, 0.05) is 11.3 Å². The molecule has 0 aromatic carbocycles. The van der Waals surface area contributed by atoms with Crippen molar-refractivity contribution in [1.82, 2.24) is 0 Å². The normalized spacial score (nSPS) is 56.7. The molecule has 5 fully saturated rings. The summed E-state index contributed by atoms with van der Waals surface area (Å²) < 4.78 is 11.6. The summed E-state index contributed by atoms with van der Waals surface area (Å²) in [5.74, 6) is 1.95. The van der Waals surface area contributed by atoms with Crippen molar-refractivity contribution < 1.29 is 19.7 Å². The van der Waals surface area contributed by atoms with Gasteiger partial charge in [-0.25, -0.2) is 0 Å². The van der Waals surface area contributed by atoms with Crippen LogP contribution in [0.1, 0.15) is 65.2 Å². The van der Waals surface area contributed by atoms with Crippen LogP contribution in [-0.4, -0.2) is 41.4 Å². The van der Waals surface area contributed by atoms with Gasteiger partial charge in [-0.1, -0.05) is 19.9 Å². The standard InChI is InChI=1S/C24H38O4/c1-4-15-7-10-24(26)19-6-5-16-13-20(25)17(21-27-11-12-28-21)14-22(16,2)18(19)8-9-23(15,24)3/h4,15-21,25-26H,1,5-14H2,2-3H3/t15-,16?,17?,18-,19+,20-,22-,23+,24-/m0/s1. The molecule has 1 saturated heterocycles. The largest absolute Gasteiger partial charge is 0.393 e. The molecule has 28 heavy (non-hydrogen) atoms. The summed E-state index contributed by atoms with van der Waals surface area (Å²) in [6, 6.07) is 0. The van der Waals surface area contributed by atoms with Gasteiger partial charge in [0.25, 0.3) is 0 Å². The second-order valence-corrected chi connectivity index (χ2v) is 11.0. The van der Waals surface area contributed by atoms with E-state index in [1.807, 2.05) is 0 Å². The Morgan fingerprint density at radius 2 is 1.75 bits per heavy atom. The van der Waals surface area contributed by atoms with Crippen molar-refractivity contribution in [2.24, 2.45) is 40.4 Å². The lowest BCUT2D eigenvalue weighted by Crippen LogP contribution is -2.63. The quantitative estimate of drug-likeness (QED) is 0.702. The maximum atomic E-state index is 12.1. The molecule has 2 unspecified atom stereocenters. The van der Waals surface area contributed by atoms with E-state index in [1.54, 1.807) is 0 Å². The van der Waals surface area contributed by atoms with Gasteiger partial charge in [0.15, 0.2) is 6.29 Å². The molecule has 1 aliphatic heterocycles. The molecule has 0 amide bonds. The summed E-state index contributed by atoms with van der Waals surface area (Å²) in [5, 5.41) is 22.9. The van der Waals surface area contributed by atoms with Crippen LogP contribution < -0.4 is 0 Å². The Morgan fingerprint density at radius 1 is 1.00 bits per heavy atom. The molecule has 5 rings (SSSR count). The molecule has 5 aliphatic rings. The molecule has 2 N–H and O–H groups in total. The van der Waals surface area contributed by atoms with Crippen molar-refractivity contribution in [3.63, 3.8) is 0 Å². The molecule has 4 heteroatoms. The van der Waals surface area contributed by atoms with Crippen LogP contribution in [0.25, 0.3) is 0 Å². The lowest BCUT2D eigenvalue weighted by molar-refractivity contribution is -0.227. The Bertz CT molecular complexity index is 630. The first kappa shape index (κ1) is 19.5. The molecule has 158 valence electrons. The van der Waals surface area contributed by atoms with Gasteiger partial charge in [-0.3, -0.25) is 0 Å². The molecule has 0 spiro atoms. The SMILES string of the molecule is C=C[C@H]1CC[C@]2(O)[C@@H]3CCC4C[C@H](O)C(C5OCCO5)C[C@]4(C)[C@H]3CC[C@]12C. The van der Waals surface area contributed by atoms with Gasteiger partial charge in [0.05, 0.1) is 24.9 Å². The van der Waals surface area contributed by atoms with Gasteiger partial charge in [-0.15, -0.1) is 6.58 Å². The third kappa shape index (κ3) is 2.44. The fraction of sp³-hybridized carbons (Fsp3) is 0.917. The Kier molecular flexibility index (Phi) is 4.56. The van der Waals surface area contributed by atoms with Crippen LogP contribution in [0, 0.1) is 40.4 Å². The second kappa shape index (κ2) is 6.54. The minimum atomic E-state index is -0.561. The van der Waals surface area contributed by atoms with E-state index in [-0.39, 0.29) is 29.1 Å². The Labute approximate surface area is 169 Å². The number of fused-ring (bicyclic) bond motifs is 5. The van der Waals surface area contributed by atoms with Crippen molar-refractivity contribution in [2.45, 2.75) is 83.2 Å². The lowest BCUT2D eigenvalue weighted by atomic mass is 9.42. The fourth-order valence-corrected chi connectivity index (χ4v) is 8.64. The van der Waals surface area contributed by atoms with Crippen LogP contribution >= 0.6 is 0 Å². The summed E-state index contributed by atoms with van der Waals surface area (Å²) >= 11 is 0. The van der Waals surface area contributed by atoms with Crippen molar-refractivity contribution in [2.75, 3.05) is 13.2 Å². The van der Waals surface area contributed by atoms with Crippen molar-refractivity contribution in [3.05, 3.63) is 12.7 Å². The molecule has 4 nitrogen and oxygen atoms in total. The predicted octanol–water partition coefficient (Wildman–Crippen LogP) is 3.91. The zero-order chi connectivity index (χ0) is 19.7. The third-order valence-electron chi connectivity index (χ3n) is 10.3. The van der Waals surface area contributed by atoms with E-state index in [4.69, 9.17) is 9.47 Å². The lowest BCUT2D eigenvalue weighted by Gasteiger charge is -2.64. The summed E-state index contributed by atoms with van der Waals surface area (Å²) in [4.78, 5) is 0. The molecule has 9 atom stereocenters. The number of hydrogen-bond donors (Lipinski definition) is 2. The first-order chi connectivity index (χ1) is 13.3. The number of allylic oxidation sites excluding steroid dienone is 1. The molecule has 0 aromatic heterocycles. The Balaban J connectivity index is 1.45. The molecular formula is C24H38O4. The highest BCUT2D eigenvalue weighted by Gasteiger charge is 2.67. The monoisotopic (exact) mass is 390 g/mol. The molecule has 1 heterocycles. The molecular weight excluding hydrogens is 352 g/mol. The average Bonchev–Trinajstić information content (AvgIpc) is 3.28. The molecule has 4 aliphatic carbocycles. The van der Waals surface area contributed by atoms with E-state index >= 15 is 0 Å². The summed E-state index contributed by atoms with van der Waals surface area (Å²) in [7, 11) is 0. The van der Waals surface area contributed by atoms with Gasteiger partial charge in [0.2, 0.25) is 0 Å². The number of aliphatic hydroxyl groups excluding tert-OH is 1. The predicted molar refractivity (Wildman–Crippen MR) is 107 cm³/mol. The van der Waals surface area contributed by atoms with Gasteiger partial charge >= 0.3 is 0 Å². The van der Waals surface area contributed by atoms with Crippen molar-refractivity contribution >= 4 is 0 Å². The first-order valence-electron chi connectivity index (χ1n) is 11.6. The zero-order valence-corrected chi connectivity index (χ0v) is 17.6. The summed E-state index contributed by atoms with van der Waals surface area (Å²) in [6.07, 6.45) is 9.86. The number of hydrogen-bond acceptors (Lipinski definition) is 4. The molecule has 0 bridgehead atoms. The van der Waals surface area contributed by atoms with E-state index in [1.165, 1.54) is 6.42 Å². The van der Waals surface area contributed by atoms with Crippen LogP contribution in [0.5, 0.6) is 0 Å². The highest BCUT2D eigenvalue weighted by atomic mass is 16.7. The van der Waals surface area contributed by atoms with Crippen LogP contribution in [0.15, 0.2) is 12.7 Å². The maximum absolute atomic E-state index is 12.1. The second-order valence-electron chi connectivity index (χ2n) is 11.0. The minimum absolute atomic E-state index is 0.0234. The summed E-state index contributed by atoms with van der Waals surface area (Å²) in [5.41, 5.74) is -0.426. The number of rotatable bonds is 2. The number of aliphatic hydroxyl groups is 2. The molecule has 0 radical (unpaired) electrons. The van der Waals surface area contributed by atoms with Crippen molar-refractivity contribution in [3.8, 4) is 0 Å². The average molecular weight is 391 g/mol. The Morgan fingerprint density at radius 3 is 2.46 bits per heavy atom. The Hall–Kier alpha value is -0.420. The molecule has 0 aromatic rings. The van der Waals surface area contributed by atoms with Gasteiger partial charge in [0.1, 0.15) is 0 Å². The highest BCUT2D eigenvalue weighted by molar-refractivity contribution is 5.19. The molecule has 4 saturated carbocycles. The van der Waals surface area contributed by atoms with E-state index in [0.717, 1.165) is 44.9 Å². The smallest absolute Gasteiger partial charge is 0.163 e. The van der Waals surface area contributed by atoms with Crippen molar-refractivity contribution in [1.29, 1.82) is 0 Å². The highest BCUT2D eigenvalue weighted by Crippen LogP contribution is 2.69. The zero-order valence-electron chi connectivity index (χ0n) is 17.6. The van der Waals surface area contributed by atoms with Crippen LogP contribution in [0.3, 0.4) is 0 Å². The van der Waals surface area contributed by atoms with E-state index in [0.29, 0.717) is 36.9 Å². The van der Waals surface area contributed by atoms with Gasteiger partial charge < -0.3 is 19.7 Å². The van der Waals surface area contributed by atoms with Crippen LogP contribution in [0.4, 0.5) is 0 Å². The maximum Gasteiger partial charge on any atom is 0.163 e. The van der Waals surface area contributed by atoms with Crippen LogP contribution in [0.2, 0.25) is 0 Å². The number of ether oxygens (including phenoxy) is 2. The summed E-state index contributed by atoms with van der Waals surface area (Å²) in [6.45, 7) is 10.1. The topological polar surface area (TPSA) is 58.9 Å². The van der Waals surface area contributed by atoms with E-state index in [2.05, 4.69) is 26.5 Å². The van der Waals surface area contributed by atoms with E-state index in [9.17, 15) is 10.2 Å².